The van der Waals surface area contributed by atoms with Gasteiger partial charge in [0.25, 0.3) is 0 Å². The molecule has 0 aliphatic heterocycles. The lowest BCUT2D eigenvalue weighted by Crippen LogP contribution is -2.18. The van der Waals surface area contributed by atoms with Crippen molar-refractivity contribution in [1.29, 1.82) is 0 Å². The van der Waals surface area contributed by atoms with Crippen LogP contribution in [0.2, 0.25) is 0 Å². The van der Waals surface area contributed by atoms with E-state index >= 15 is 0 Å². The average molecular weight is 455 g/mol. The summed E-state index contributed by atoms with van der Waals surface area (Å²) in [6, 6.07) is 2.34. The van der Waals surface area contributed by atoms with Gasteiger partial charge in [-0.3, -0.25) is 0 Å². The minimum Gasteiger partial charge on any atom is -0.429 e. The van der Waals surface area contributed by atoms with Gasteiger partial charge in [-0.05, 0) is 86.8 Å². The van der Waals surface area contributed by atoms with Crippen LogP contribution in [0.25, 0.3) is 0 Å². The molecule has 1 aromatic carbocycles. The van der Waals surface area contributed by atoms with E-state index in [1.54, 1.807) is 0 Å². The van der Waals surface area contributed by atoms with E-state index in [4.69, 9.17) is 0 Å². The molecule has 0 spiro atoms. The van der Waals surface area contributed by atoms with Crippen LogP contribution < -0.4 is 4.74 Å². The molecule has 0 unspecified atom stereocenters. The number of allylic oxidation sites excluding steroid dienone is 2. The van der Waals surface area contributed by atoms with Crippen molar-refractivity contribution in [3.63, 3.8) is 0 Å². The number of hydrogen-bond acceptors (Lipinski definition) is 1. The van der Waals surface area contributed by atoms with Crippen molar-refractivity contribution in [2.75, 3.05) is 0 Å². The summed E-state index contributed by atoms with van der Waals surface area (Å²) in [5, 5.41) is 0. The summed E-state index contributed by atoms with van der Waals surface area (Å²) in [6.07, 6.45) is 20.3. The van der Waals surface area contributed by atoms with Crippen LogP contribution in [0.4, 0.5) is 17.6 Å². The molecule has 32 heavy (non-hydrogen) atoms. The van der Waals surface area contributed by atoms with Gasteiger partial charge in [0.15, 0.2) is 17.4 Å². The standard InChI is InChI=1S/C27H38F4O/c1-2-3-4-5-6-19-7-9-20(10-8-19)11-12-21-13-15-22(16-14-21)23-17-24(28)26(25(29)18-23)32-27(30)31/h2-3,17-22,27H,4-16H2,1H3. The molecule has 2 aliphatic carbocycles. The van der Waals surface area contributed by atoms with Crippen LogP contribution in [0, 0.1) is 29.4 Å². The van der Waals surface area contributed by atoms with E-state index in [0.717, 1.165) is 37.5 Å². The van der Waals surface area contributed by atoms with Gasteiger partial charge >= 0.3 is 6.61 Å². The third kappa shape index (κ3) is 7.52. The topological polar surface area (TPSA) is 9.23 Å². The molecular formula is C27H38F4O. The van der Waals surface area contributed by atoms with Crippen LogP contribution in [0.15, 0.2) is 24.3 Å². The molecule has 0 heterocycles. The van der Waals surface area contributed by atoms with Gasteiger partial charge in [-0.25, -0.2) is 8.78 Å². The molecule has 2 aliphatic rings. The minimum absolute atomic E-state index is 0.0915. The molecule has 0 saturated heterocycles. The number of hydrogen-bond donors (Lipinski definition) is 0. The third-order valence-electron chi connectivity index (χ3n) is 7.71. The molecule has 1 nitrogen and oxygen atoms in total. The SMILES string of the molecule is CC=CCCCC1CCC(CCC2CCC(c3cc(F)c(OC(F)F)c(F)c3)CC2)CC1. The summed E-state index contributed by atoms with van der Waals surface area (Å²) in [5.74, 6) is -0.491. The zero-order valence-corrected chi connectivity index (χ0v) is 19.3. The summed E-state index contributed by atoms with van der Waals surface area (Å²) in [5.41, 5.74) is 0.563. The summed E-state index contributed by atoms with van der Waals surface area (Å²) in [4.78, 5) is 0. The van der Waals surface area contributed by atoms with E-state index in [1.807, 2.05) is 0 Å². The molecular weight excluding hydrogens is 416 g/mol. The van der Waals surface area contributed by atoms with Gasteiger partial charge < -0.3 is 4.74 Å². The van der Waals surface area contributed by atoms with Gasteiger partial charge in [-0.15, -0.1) is 0 Å². The smallest absolute Gasteiger partial charge is 0.387 e. The van der Waals surface area contributed by atoms with E-state index in [1.165, 1.54) is 69.9 Å². The quantitative estimate of drug-likeness (QED) is 0.194. The van der Waals surface area contributed by atoms with Crippen molar-refractivity contribution in [2.24, 2.45) is 17.8 Å². The second-order valence-electron chi connectivity index (χ2n) is 9.87. The Bertz CT molecular complexity index is 693. The predicted molar refractivity (Wildman–Crippen MR) is 121 cm³/mol. The number of rotatable bonds is 10. The first-order valence-electron chi connectivity index (χ1n) is 12.5. The molecule has 2 saturated carbocycles. The Kier molecular flexibility index (Phi) is 9.92. The first-order valence-corrected chi connectivity index (χ1v) is 12.5. The maximum Gasteiger partial charge on any atom is 0.387 e. The van der Waals surface area contributed by atoms with Gasteiger partial charge in [-0.1, -0.05) is 57.1 Å². The van der Waals surface area contributed by atoms with Crippen LogP contribution in [0.1, 0.15) is 102 Å². The lowest BCUT2D eigenvalue weighted by Gasteiger charge is -2.32. The van der Waals surface area contributed by atoms with Crippen molar-refractivity contribution < 1.29 is 22.3 Å². The minimum atomic E-state index is -3.24. The number of ether oxygens (including phenoxy) is 1. The fourth-order valence-corrected chi connectivity index (χ4v) is 5.77. The lowest BCUT2D eigenvalue weighted by molar-refractivity contribution is -0.0546. The first-order chi connectivity index (χ1) is 15.5. The van der Waals surface area contributed by atoms with E-state index in [2.05, 4.69) is 23.8 Å². The van der Waals surface area contributed by atoms with Crippen LogP contribution in [-0.2, 0) is 0 Å². The summed E-state index contributed by atoms with van der Waals surface area (Å²) < 4.78 is 56.7. The Morgan fingerprint density at radius 3 is 1.84 bits per heavy atom. The highest BCUT2D eigenvalue weighted by molar-refractivity contribution is 5.33. The van der Waals surface area contributed by atoms with Gasteiger partial charge in [0.05, 0.1) is 0 Å². The number of unbranched alkanes of at least 4 members (excludes halogenated alkanes) is 1. The number of benzene rings is 1. The molecule has 0 N–H and O–H groups in total. The molecule has 180 valence electrons. The maximum atomic E-state index is 14.1. The van der Waals surface area contributed by atoms with E-state index < -0.39 is 24.0 Å². The molecule has 1 aromatic rings. The molecule has 2 fully saturated rings. The Labute approximate surface area is 190 Å². The van der Waals surface area contributed by atoms with Crippen LogP contribution in [0.3, 0.4) is 0 Å². The second kappa shape index (κ2) is 12.6. The summed E-state index contributed by atoms with van der Waals surface area (Å²) in [6.45, 7) is -1.15. The molecule has 0 bridgehead atoms. The summed E-state index contributed by atoms with van der Waals surface area (Å²) >= 11 is 0. The zero-order valence-electron chi connectivity index (χ0n) is 19.3. The molecule has 0 aromatic heterocycles. The lowest BCUT2D eigenvalue weighted by atomic mass is 9.74. The average Bonchev–Trinajstić information content (AvgIpc) is 2.78. The van der Waals surface area contributed by atoms with E-state index in [0.29, 0.717) is 11.5 Å². The van der Waals surface area contributed by atoms with Crippen LogP contribution in [-0.4, -0.2) is 6.61 Å². The van der Waals surface area contributed by atoms with Crippen molar-refractivity contribution in [3.8, 4) is 5.75 Å². The van der Waals surface area contributed by atoms with Crippen molar-refractivity contribution in [1.82, 2.24) is 0 Å². The van der Waals surface area contributed by atoms with Gasteiger partial charge in [0.2, 0.25) is 0 Å². The van der Waals surface area contributed by atoms with Gasteiger partial charge in [0.1, 0.15) is 0 Å². The second-order valence-corrected chi connectivity index (χ2v) is 9.87. The van der Waals surface area contributed by atoms with Crippen LogP contribution in [0.5, 0.6) is 5.75 Å². The molecule has 0 atom stereocenters. The molecule has 0 radical (unpaired) electrons. The van der Waals surface area contributed by atoms with Gasteiger partial charge in [0, 0.05) is 0 Å². The zero-order chi connectivity index (χ0) is 22.9. The highest BCUT2D eigenvalue weighted by Crippen LogP contribution is 2.41. The van der Waals surface area contributed by atoms with E-state index in [-0.39, 0.29) is 5.92 Å². The Morgan fingerprint density at radius 2 is 1.34 bits per heavy atom. The maximum absolute atomic E-state index is 14.1. The van der Waals surface area contributed by atoms with Crippen LogP contribution >= 0.6 is 0 Å². The highest BCUT2D eigenvalue weighted by atomic mass is 19.3. The fourth-order valence-electron chi connectivity index (χ4n) is 5.77. The number of halogens is 4. The first kappa shape index (κ1) is 25.1. The normalized spacial score (nSPS) is 26.7. The van der Waals surface area contributed by atoms with E-state index in [9.17, 15) is 17.6 Å². The Hall–Kier alpha value is -1.52. The fraction of sp³-hybridized carbons (Fsp3) is 0.704. The van der Waals surface area contributed by atoms with Gasteiger partial charge in [-0.2, -0.15) is 8.78 Å². The monoisotopic (exact) mass is 454 g/mol. The highest BCUT2D eigenvalue weighted by Gasteiger charge is 2.27. The molecule has 0 amide bonds. The Balaban J connectivity index is 1.37. The largest absolute Gasteiger partial charge is 0.429 e. The van der Waals surface area contributed by atoms with Crippen molar-refractivity contribution in [2.45, 2.75) is 103 Å². The summed E-state index contributed by atoms with van der Waals surface area (Å²) in [7, 11) is 0. The third-order valence-corrected chi connectivity index (χ3v) is 7.71. The number of alkyl halides is 2. The molecule has 3 rings (SSSR count). The Morgan fingerprint density at radius 1 is 0.844 bits per heavy atom. The van der Waals surface area contributed by atoms with Crippen molar-refractivity contribution in [3.05, 3.63) is 41.5 Å². The van der Waals surface area contributed by atoms with Crippen molar-refractivity contribution >= 4 is 0 Å². The predicted octanol–water partition coefficient (Wildman–Crippen LogP) is 9.17. The molecule has 5 heteroatoms.